The normalized spacial score (nSPS) is 26.5. The molecule has 4 heterocycles. The molecule has 7 nitrogen and oxygen atoms in total. The standard InChI is InChI=1S/C13H16N6OS.ClH/c20-13(16-10-5-8-1-2-9(6-10)15-8)12-11(3-4-21-12)19-7-14-17-18-19;/h3-4,7-10,15H,1-2,5-6H2,(H,16,20);1H. The van der Waals surface area contributed by atoms with Gasteiger partial charge in [0.25, 0.3) is 5.91 Å². The van der Waals surface area contributed by atoms with Gasteiger partial charge in [-0.05, 0) is 47.6 Å². The van der Waals surface area contributed by atoms with Gasteiger partial charge in [-0.25, -0.2) is 0 Å². The summed E-state index contributed by atoms with van der Waals surface area (Å²) in [6.07, 6.45) is 6.00. The molecule has 2 fully saturated rings. The summed E-state index contributed by atoms with van der Waals surface area (Å²) in [6.45, 7) is 0. The van der Waals surface area contributed by atoms with Gasteiger partial charge in [0.2, 0.25) is 0 Å². The highest BCUT2D eigenvalue weighted by Crippen LogP contribution is 2.27. The molecule has 2 saturated heterocycles. The molecular formula is C13H17ClN6OS. The fourth-order valence-electron chi connectivity index (χ4n) is 3.35. The Labute approximate surface area is 137 Å². The van der Waals surface area contributed by atoms with Crippen LogP contribution in [0.2, 0.25) is 0 Å². The minimum atomic E-state index is -0.0261. The molecule has 0 spiro atoms. The number of fused-ring (bicyclic) bond motifs is 2. The fourth-order valence-corrected chi connectivity index (χ4v) is 4.13. The number of hydrogen-bond donors (Lipinski definition) is 2. The van der Waals surface area contributed by atoms with Gasteiger partial charge in [0, 0.05) is 18.1 Å². The van der Waals surface area contributed by atoms with Crippen LogP contribution in [-0.4, -0.2) is 44.2 Å². The van der Waals surface area contributed by atoms with E-state index in [-0.39, 0.29) is 24.4 Å². The lowest BCUT2D eigenvalue weighted by Crippen LogP contribution is -2.48. The van der Waals surface area contributed by atoms with Crippen LogP contribution in [0.4, 0.5) is 0 Å². The van der Waals surface area contributed by atoms with Crippen molar-refractivity contribution in [1.82, 2.24) is 30.8 Å². The number of aromatic nitrogens is 4. The van der Waals surface area contributed by atoms with Crippen LogP contribution in [0.1, 0.15) is 35.4 Å². The van der Waals surface area contributed by atoms with Crippen LogP contribution in [0.15, 0.2) is 17.8 Å². The summed E-state index contributed by atoms with van der Waals surface area (Å²) in [4.78, 5) is 13.2. The molecule has 0 aromatic carbocycles. The van der Waals surface area contributed by atoms with E-state index < -0.39 is 0 Å². The number of carbonyl (C=O) groups excluding carboxylic acids is 1. The SMILES string of the molecule is Cl.O=C(NC1CC2CCC(C1)N2)c1sccc1-n1cnnn1. The van der Waals surface area contributed by atoms with Crippen LogP contribution in [0.25, 0.3) is 5.69 Å². The quantitative estimate of drug-likeness (QED) is 0.875. The summed E-state index contributed by atoms with van der Waals surface area (Å²) >= 11 is 1.42. The van der Waals surface area contributed by atoms with Gasteiger partial charge in [0.15, 0.2) is 0 Å². The highest BCUT2D eigenvalue weighted by molar-refractivity contribution is 7.12. The van der Waals surface area contributed by atoms with Crippen molar-refractivity contribution in [3.05, 3.63) is 22.7 Å². The Bertz CT molecular complexity index is 633. The topological polar surface area (TPSA) is 84.7 Å². The Hall–Kier alpha value is -1.51. The molecule has 22 heavy (non-hydrogen) atoms. The first-order valence-corrected chi connectivity index (χ1v) is 8.05. The van der Waals surface area contributed by atoms with Gasteiger partial charge in [-0.1, -0.05) is 0 Å². The number of amides is 1. The Morgan fingerprint density at radius 2 is 2.14 bits per heavy atom. The van der Waals surface area contributed by atoms with Crippen molar-refractivity contribution >= 4 is 29.7 Å². The molecule has 2 aliphatic rings. The number of nitrogens with one attached hydrogen (secondary N) is 2. The molecule has 4 rings (SSSR count). The molecule has 118 valence electrons. The van der Waals surface area contributed by atoms with Gasteiger partial charge in [-0.3, -0.25) is 4.79 Å². The molecule has 2 atom stereocenters. The number of tetrazole rings is 1. The van der Waals surface area contributed by atoms with E-state index in [1.807, 2.05) is 11.4 Å². The summed E-state index contributed by atoms with van der Waals surface area (Å²) in [5.74, 6) is -0.0261. The van der Waals surface area contributed by atoms with Crippen molar-refractivity contribution in [3.63, 3.8) is 0 Å². The molecule has 0 aliphatic carbocycles. The highest BCUT2D eigenvalue weighted by atomic mass is 35.5. The van der Waals surface area contributed by atoms with Crippen LogP contribution in [0, 0.1) is 0 Å². The van der Waals surface area contributed by atoms with Gasteiger partial charge >= 0.3 is 0 Å². The van der Waals surface area contributed by atoms with E-state index in [1.54, 1.807) is 0 Å². The van der Waals surface area contributed by atoms with Crippen LogP contribution >= 0.6 is 23.7 Å². The molecule has 2 aromatic heterocycles. The smallest absolute Gasteiger partial charge is 0.263 e. The van der Waals surface area contributed by atoms with Crippen molar-refractivity contribution in [3.8, 4) is 5.69 Å². The third kappa shape index (κ3) is 2.86. The maximum absolute atomic E-state index is 12.5. The van der Waals surface area contributed by atoms with Crippen molar-refractivity contribution in [2.45, 2.75) is 43.8 Å². The first-order chi connectivity index (χ1) is 10.3. The van der Waals surface area contributed by atoms with Gasteiger partial charge in [-0.2, -0.15) is 4.68 Å². The predicted octanol–water partition coefficient (Wildman–Crippen LogP) is 1.16. The molecule has 2 unspecified atom stereocenters. The van der Waals surface area contributed by atoms with Crippen molar-refractivity contribution in [2.75, 3.05) is 0 Å². The molecule has 2 aliphatic heterocycles. The molecule has 2 N–H and O–H groups in total. The van der Waals surface area contributed by atoms with Crippen molar-refractivity contribution in [1.29, 1.82) is 0 Å². The zero-order chi connectivity index (χ0) is 14.2. The Morgan fingerprint density at radius 3 is 2.82 bits per heavy atom. The van der Waals surface area contributed by atoms with Crippen LogP contribution in [0.3, 0.4) is 0 Å². The average molecular weight is 341 g/mol. The monoisotopic (exact) mass is 340 g/mol. The lowest BCUT2D eigenvalue weighted by atomic mass is 10.00. The minimum absolute atomic E-state index is 0. The number of thiophene rings is 1. The summed E-state index contributed by atoms with van der Waals surface area (Å²) in [7, 11) is 0. The van der Waals surface area contributed by atoms with Crippen LogP contribution in [0.5, 0.6) is 0 Å². The molecule has 2 aromatic rings. The van der Waals surface area contributed by atoms with Crippen molar-refractivity contribution in [2.24, 2.45) is 0 Å². The van der Waals surface area contributed by atoms with E-state index in [0.717, 1.165) is 18.5 Å². The lowest BCUT2D eigenvalue weighted by Gasteiger charge is -2.29. The zero-order valence-electron chi connectivity index (χ0n) is 11.8. The lowest BCUT2D eigenvalue weighted by molar-refractivity contribution is 0.0928. The predicted molar refractivity (Wildman–Crippen MR) is 84.7 cm³/mol. The third-order valence-corrected chi connectivity index (χ3v) is 5.16. The van der Waals surface area contributed by atoms with E-state index in [4.69, 9.17) is 0 Å². The van der Waals surface area contributed by atoms with Gasteiger partial charge in [0.05, 0.1) is 5.69 Å². The third-order valence-electron chi connectivity index (χ3n) is 4.25. The molecule has 2 bridgehead atoms. The minimum Gasteiger partial charge on any atom is -0.348 e. The van der Waals surface area contributed by atoms with E-state index in [0.29, 0.717) is 17.0 Å². The van der Waals surface area contributed by atoms with E-state index >= 15 is 0 Å². The summed E-state index contributed by atoms with van der Waals surface area (Å²) in [5, 5.41) is 19.7. The number of nitrogens with zero attached hydrogens (tertiary/aromatic N) is 4. The second-order valence-corrected chi connectivity index (χ2v) is 6.59. The van der Waals surface area contributed by atoms with E-state index in [2.05, 4.69) is 26.2 Å². The molecule has 0 saturated carbocycles. The van der Waals surface area contributed by atoms with Crippen molar-refractivity contribution < 1.29 is 4.79 Å². The van der Waals surface area contributed by atoms with Gasteiger partial charge in [-0.15, -0.1) is 28.8 Å². The molecule has 9 heteroatoms. The molecule has 1 amide bonds. The highest BCUT2D eigenvalue weighted by Gasteiger charge is 2.34. The maximum atomic E-state index is 12.5. The first-order valence-electron chi connectivity index (χ1n) is 7.17. The summed E-state index contributed by atoms with van der Waals surface area (Å²) < 4.78 is 1.53. The molecular weight excluding hydrogens is 324 g/mol. The van der Waals surface area contributed by atoms with Gasteiger partial charge in [0.1, 0.15) is 11.2 Å². The van der Waals surface area contributed by atoms with Crippen LogP contribution < -0.4 is 10.6 Å². The number of hydrogen-bond acceptors (Lipinski definition) is 6. The average Bonchev–Trinajstić information content (AvgIpc) is 3.18. The zero-order valence-corrected chi connectivity index (χ0v) is 13.4. The fraction of sp³-hybridized carbons (Fsp3) is 0.538. The van der Waals surface area contributed by atoms with Crippen LogP contribution in [-0.2, 0) is 0 Å². The van der Waals surface area contributed by atoms with E-state index in [9.17, 15) is 4.79 Å². The Balaban J connectivity index is 0.00000144. The summed E-state index contributed by atoms with van der Waals surface area (Å²) in [5.41, 5.74) is 0.736. The number of piperidine rings is 1. The Morgan fingerprint density at radius 1 is 1.36 bits per heavy atom. The second-order valence-electron chi connectivity index (χ2n) is 5.67. The number of halogens is 1. The maximum Gasteiger partial charge on any atom is 0.263 e. The second kappa shape index (κ2) is 6.31. The number of carbonyl (C=O) groups is 1. The Kier molecular flexibility index (Phi) is 4.42. The first kappa shape index (κ1) is 15.4. The summed E-state index contributed by atoms with van der Waals surface area (Å²) in [6, 6.07) is 3.26. The molecule has 0 radical (unpaired) electrons. The van der Waals surface area contributed by atoms with E-state index in [1.165, 1.54) is 35.2 Å². The number of rotatable bonds is 3. The largest absolute Gasteiger partial charge is 0.348 e. The van der Waals surface area contributed by atoms with Gasteiger partial charge < -0.3 is 10.6 Å².